The molecule has 0 aliphatic rings. The predicted molar refractivity (Wildman–Crippen MR) is 151 cm³/mol. The highest BCUT2D eigenvalue weighted by Crippen LogP contribution is 2.30. The summed E-state index contributed by atoms with van der Waals surface area (Å²) in [4.78, 5) is 27.8. The molecular weight excluding hydrogens is 582 g/mol. The third-order valence-corrected chi connectivity index (χ3v) is 8.03. The second-order valence-corrected chi connectivity index (χ2v) is 12.1. The van der Waals surface area contributed by atoms with Gasteiger partial charge in [-0.15, -0.1) is 0 Å². The number of benzene rings is 2. The molecule has 0 saturated carbocycles. The molecule has 204 valence electrons. The van der Waals surface area contributed by atoms with Gasteiger partial charge in [-0.1, -0.05) is 46.6 Å². The predicted octanol–water partition coefficient (Wildman–Crippen LogP) is 4.99. The van der Waals surface area contributed by atoms with Crippen molar-refractivity contribution in [3.8, 4) is 5.75 Å². The van der Waals surface area contributed by atoms with E-state index < -0.39 is 16.1 Å². The quantitative estimate of drug-likeness (QED) is 0.342. The summed E-state index contributed by atoms with van der Waals surface area (Å²) in [6, 6.07) is 11.6. The molecule has 1 N–H and O–H groups in total. The summed E-state index contributed by atoms with van der Waals surface area (Å²) >= 11 is 9.61. The van der Waals surface area contributed by atoms with E-state index in [-0.39, 0.29) is 48.8 Å². The van der Waals surface area contributed by atoms with Crippen LogP contribution in [0, 0.1) is 0 Å². The zero-order valence-corrected chi connectivity index (χ0v) is 25.0. The van der Waals surface area contributed by atoms with Gasteiger partial charge in [0.15, 0.2) is 0 Å². The van der Waals surface area contributed by atoms with Crippen LogP contribution in [0.15, 0.2) is 46.9 Å². The highest BCUT2D eigenvalue weighted by Gasteiger charge is 2.27. The molecule has 0 radical (unpaired) electrons. The number of ether oxygens (including phenoxy) is 1. The number of sulfonamides is 1. The Morgan fingerprint density at radius 3 is 2.32 bits per heavy atom. The first-order valence-corrected chi connectivity index (χ1v) is 15.0. The smallest absolute Gasteiger partial charge is 0.242 e. The Morgan fingerprint density at radius 2 is 1.78 bits per heavy atom. The van der Waals surface area contributed by atoms with E-state index in [1.807, 2.05) is 38.1 Å². The van der Waals surface area contributed by atoms with Crippen LogP contribution < -0.4 is 14.4 Å². The van der Waals surface area contributed by atoms with Crippen molar-refractivity contribution in [2.45, 2.75) is 58.7 Å². The van der Waals surface area contributed by atoms with Crippen molar-refractivity contribution in [2.75, 3.05) is 24.2 Å². The molecule has 0 fully saturated rings. The van der Waals surface area contributed by atoms with E-state index in [2.05, 4.69) is 21.2 Å². The van der Waals surface area contributed by atoms with E-state index >= 15 is 0 Å². The third kappa shape index (κ3) is 9.19. The lowest BCUT2D eigenvalue weighted by Gasteiger charge is -2.30. The van der Waals surface area contributed by atoms with E-state index in [1.54, 1.807) is 19.1 Å². The SMILES string of the molecule is CC[C@@H](C)NC(=O)[C@@H](C)N(Cc1ccc(Br)cc1)C(=O)CCCN(c1ccc(OC)c(Cl)c1)S(C)(=O)=O. The zero-order valence-electron chi connectivity index (χ0n) is 21.8. The Labute approximate surface area is 233 Å². The van der Waals surface area contributed by atoms with Gasteiger partial charge in [-0.3, -0.25) is 13.9 Å². The maximum atomic E-state index is 13.4. The van der Waals surface area contributed by atoms with Crippen LogP contribution in [-0.4, -0.2) is 57.1 Å². The highest BCUT2D eigenvalue weighted by atomic mass is 79.9. The van der Waals surface area contributed by atoms with Gasteiger partial charge in [0.2, 0.25) is 21.8 Å². The van der Waals surface area contributed by atoms with Crippen LogP contribution in [0.4, 0.5) is 5.69 Å². The average Bonchev–Trinajstić information content (AvgIpc) is 2.84. The number of rotatable bonds is 13. The maximum Gasteiger partial charge on any atom is 0.242 e. The van der Waals surface area contributed by atoms with Crippen molar-refractivity contribution in [3.63, 3.8) is 0 Å². The Bertz CT molecular complexity index is 1180. The van der Waals surface area contributed by atoms with Crippen LogP contribution in [0.1, 0.15) is 45.6 Å². The minimum atomic E-state index is -3.63. The van der Waals surface area contributed by atoms with Gasteiger partial charge in [0.25, 0.3) is 0 Å². The van der Waals surface area contributed by atoms with Gasteiger partial charge in [0.05, 0.1) is 24.1 Å². The highest BCUT2D eigenvalue weighted by molar-refractivity contribution is 9.10. The van der Waals surface area contributed by atoms with E-state index in [9.17, 15) is 18.0 Å². The van der Waals surface area contributed by atoms with Crippen LogP contribution in [0.3, 0.4) is 0 Å². The number of hydrogen-bond donors (Lipinski definition) is 1. The number of nitrogens with zero attached hydrogens (tertiary/aromatic N) is 2. The lowest BCUT2D eigenvalue weighted by Crippen LogP contribution is -2.49. The summed E-state index contributed by atoms with van der Waals surface area (Å²) in [7, 11) is -2.15. The molecule has 0 heterocycles. The van der Waals surface area contributed by atoms with Crippen molar-refractivity contribution >= 4 is 55.1 Å². The summed E-state index contributed by atoms with van der Waals surface area (Å²) in [6.07, 6.45) is 2.20. The summed E-state index contributed by atoms with van der Waals surface area (Å²) in [6.45, 7) is 5.93. The molecule has 2 amide bonds. The molecule has 0 aliphatic heterocycles. The van der Waals surface area contributed by atoms with Crippen LogP contribution in [0.5, 0.6) is 5.75 Å². The Hall–Kier alpha value is -2.30. The van der Waals surface area contributed by atoms with Gasteiger partial charge in [-0.25, -0.2) is 8.42 Å². The molecule has 2 atom stereocenters. The van der Waals surface area contributed by atoms with Crippen molar-refractivity contribution in [1.29, 1.82) is 0 Å². The second-order valence-electron chi connectivity index (χ2n) is 8.90. The van der Waals surface area contributed by atoms with E-state index in [1.165, 1.54) is 22.4 Å². The molecule has 0 saturated heterocycles. The van der Waals surface area contributed by atoms with Gasteiger partial charge in [-0.2, -0.15) is 0 Å². The zero-order chi connectivity index (χ0) is 27.8. The maximum absolute atomic E-state index is 13.4. The summed E-state index contributed by atoms with van der Waals surface area (Å²) in [5, 5.41) is 3.22. The molecule has 2 aromatic rings. The largest absolute Gasteiger partial charge is 0.495 e. The molecule has 0 aromatic heterocycles. The number of hydrogen-bond acceptors (Lipinski definition) is 5. The van der Waals surface area contributed by atoms with Gasteiger partial charge >= 0.3 is 0 Å². The molecular formula is C26H35BrClN3O5S. The standard InChI is InChI=1S/C26H35BrClN3O5S/c1-6-18(2)29-26(33)19(3)30(17-20-9-11-21(27)12-10-20)25(32)8-7-15-31(37(5,34)35)22-13-14-24(36-4)23(28)16-22/h9-14,16,18-19H,6-8,15,17H2,1-5H3,(H,29,33)/t18-,19-/m1/s1. The number of carbonyl (C=O) groups excluding carboxylic acids is 2. The van der Waals surface area contributed by atoms with E-state index in [4.69, 9.17) is 16.3 Å². The Morgan fingerprint density at radius 1 is 1.14 bits per heavy atom. The van der Waals surface area contributed by atoms with Crippen molar-refractivity contribution in [1.82, 2.24) is 10.2 Å². The van der Waals surface area contributed by atoms with Crippen molar-refractivity contribution in [2.24, 2.45) is 0 Å². The fourth-order valence-electron chi connectivity index (χ4n) is 3.65. The van der Waals surface area contributed by atoms with Crippen LogP contribution in [0.2, 0.25) is 5.02 Å². The molecule has 2 rings (SSSR count). The normalized spacial score (nSPS) is 12.9. The Balaban J connectivity index is 2.19. The third-order valence-electron chi connectivity index (χ3n) is 6.01. The molecule has 2 aromatic carbocycles. The molecule has 11 heteroatoms. The summed E-state index contributed by atoms with van der Waals surface area (Å²) in [5.41, 5.74) is 1.26. The topological polar surface area (TPSA) is 96.0 Å². The minimum Gasteiger partial charge on any atom is -0.495 e. The number of methoxy groups -OCH3 is 1. The van der Waals surface area contributed by atoms with Gasteiger partial charge in [-0.05, 0) is 62.6 Å². The Kier molecular flexibility index (Phi) is 11.7. The molecule has 0 unspecified atom stereocenters. The molecule has 0 aliphatic carbocycles. The van der Waals surface area contributed by atoms with E-state index in [0.29, 0.717) is 11.4 Å². The lowest BCUT2D eigenvalue weighted by molar-refractivity contribution is -0.140. The van der Waals surface area contributed by atoms with E-state index in [0.717, 1.165) is 22.7 Å². The number of amides is 2. The first kappa shape index (κ1) is 30.9. The fraction of sp³-hybridized carbons (Fsp3) is 0.462. The number of halogens is 2. The van der Waals surface area contributed by atoms with Crippen molar-refractivity contribution < 1.29 is 22.7 Å². The number of anilines is 1. The summed E-state index contributed by atoms with van der Waals surface area (Å²) in [5.74, 6) is -0.0383. The molecule has 0 bridgehead atoms. The minimum absolute atomic E-state index is 0.0146. The lowest BCUT2D eigenvalue weighted by atomic mass is 10.1. The second kappa shape index (κ2) is 14.0. The molecule has 37 heavy (non-hydrogen) atoms. The molecule has 8 nitrogen and oxygen atoms in total. The molecule has 0 spiro atoms. The average molecular weight is 617 g/mol. The summed E-state index contributed by atoms with van der Waals surface area (Å²) < 4.78 is 32.3. The van der Waals surface area contributed by atoms with Gasteiger partial charge in [0, 0.05) is 30.0 Å². The van der Waals surface area contributed by atoms with Gasteiger partial charge < -0.3 is 15.0 Å². The van der Waals surface area contributed by atoms with Crippen LogP contribution in [-0.2, 0) is 26.2 Å². The monoisotopic (exact) mass is 615 g/mol. The number of nitrogens with one attached hydrogen (secondary N) is 1. The van der Waals surface area contributed by atoms with Crippen molar-refractivity contribution in [3.05, 3.63) is 57.5 Å². The van der Waals surface area contributed by atoms with Gasteiger partial charge in [0.1, 0.15) is 11.8 Å². The fourth-order valence-corrected chi connectivity index (χ4v) is 5.12. The first-order chi connectivity index (χ1) is 17.4. The first-order valence-electron chi connectivity index (χ1n) is 12.0. The van der Waals surface area contributed by atoms with Crippen LogP contribution >= 0.6 is 27.5 Å². The number of carbonyl (C=O) groups is 2. The van der Waals surface area contributed by atoms with Crippen LogP contribution in [0.25, 0.3) is 0 Å².